The second-order valence-corrected chi connectivity index (χ2v) is 6.09. The summed E-state index contributed by atoms with van der Waals surface area (Å²) >= 11 is 0. The van der Waals surface area contributed by atoms with E-state index in [-0.39, 0.29) is 17.6 Å². The van der Waals surface area contributed by atoms with E-state index in [0.29, 0.717) is 23.2 Å². The predicted molar refractivity (Wildman–Crippen MR) is 112 cm³/mol. The lowest BCUT2D eigenvalue weighted by Gasteiger charge is -2.21. The SMILES string of the molecule is CCC(=O)Nc1ccc(C(=O)NN=Cc2ccc(N(CC)CC)cc2O)cc1. The van der Waals surface area contributed by atoms with Crippen LogP contribution in [0, 0.1) is 0 Å². The number of phenolic OH excluding ortho intramolecular Hbond substituents is 1. The molecule has 2 rings (SSSR count). The molecule has 148 valence electrons. The zero-order valence-corrected chi connectivity index (χ0v) is 16.4. The molecule has 2 aromatic carbocycles. The molecule has 0 aromatic heterocycles. The van der Waals surface area contributed by atoms with Gasteiger partial charge in [-0.2, -0.15) is 5.10 Å². The van der Waals surface area contributed by atoms with Crippen molar-refractivity contribution in [3.63, 3.8) is 0 Å². The van der Waals surface area contributed by atoms with Gasteiger partial charge in [-0.25, -0.2) is 5.43 Å². The van der Waals surface area contributed by atoms with E-state index in [9.17, 15) is 14.7 Å². The zero-order chi connectivity index (χ0) is 20.5. The van der Waals surface area contributed by atoms with Gasteiger partial charge in [-0.3, -0.25) is 9.59 Å². The number of hydrogen-bond donors (Lipinski definition) is 3. The van der Waals surface area contributed by atoms with Crippen LogP contribution in [0.4, 0.5) is 11.4 Å². The van der Waals surface area contributed by atoms with Crippen LogP contribution < -0.4 is 15.6 Å². The van der Waals surface area contributed by atoms with Gasteiger partial charge in [-0.1, -0.05) is 6.92 Å². The molecule has 28 heavy (non-hydrogen) atoms. The molecule has 7 heteroatoms. The minimum atomic E-state index is -0.385. The Morgan fingerprint density at radius 1 is 1.07 bits per heavy atom. The van der Waals surface area contributed by atoms with E-state index < -0.39 is 0 Å². The maximum Gasteiger partial charge on any atom is 0.271 e. The quantitative estimate of drug-likeness (QED) is 0.482. The van der Waals surface area contributed by atoms with E-state index in [1.807, 2.05) is 6.07 Å². The maximum absolute atomic E-state index is 12.1. The summed E-state index contributed by atoms with van der Waals surface area (Å²) in [6, 6.07) is 11.9. The number of anilines is 2. The Hall–Kier alpha value is -3.35. The van der Waals surface area contributed by atoms with Gasteiger partial charge in [0.2, 0.25) is 5.91 Å². The van der Waals surface area contributed by atoms with E-state index in [1.54, 1.807) is 43.3 Å². The van der Waals surface area contributed by atoms with Gasteiger partial charge < -0.3 is 15.3 Å². The fourth-order valence-corrected chi connectivity index (χ4v) is 2.61. The second-order valence-electron chi connectivity index (χ2n) is 6.09. The van der Waals surface area contributed by atoms with E-state index >= 15 is 0 Å². The van der Waals surface area contributed by atoms with Crippen molar-refractivity contribution in [2.45, 2.75) is 27.2 Å². The average Bonchev–Trinajstić information content (AvgIpc) is 2.70. The summed E-state index contributed by atoms with van der Waals surface area (Å²) in [6.07, 6.45) is 1.79. The summed E-state index contributed by atoms with van der Waals surface area (Å²) in [5, 5.41) is 16.8. The number of phenols is 1. The number of rotatable bonds is 8. The van der Waals surface area contributed by atoms with Crippen molar-refractivity contribution in [2.24, 2.45) is 5.10 Å². The molecule has 0 radical (unpaired) electrons. The van der Waals surface area contributed by atoms with Crippen LogP contribution in [0.5, 0.6) is 5.75 Å². The summed E-state index contributed by atoms with van der Waals surface area (Å²) in [7, 11) is 0. The molecule has 0 spiro atoms. The van der Waals surface area contributed by atoms with Gasteiger partial charge in [0.15, 0.2) is 0 Å². The molecule has 0 saturated carbocycles. The van der Waals surface area contributed by atoms with E-state index in [2.05, 4.69) is 34.6 Å². The van der Waals surface area contributed by atoms with Gasteiger partial charge in [-0.15, -0.1) is 0 Å². The standard InChI is InChI=1S/C21H26N4O3/c1-4-20(27)23-17-10-7-15(8-11-17)21(28)24-22-14-16-9-12-18(13-19(16)26)25(5-2)6-3/h7-14,26H,4-6H2,1-3H3,(H,23,27)(H,24,28). The highest BCUT2D eigenvalue weighted by Gasteiger charge is 2.07. The fraction of sp³-hybridized carbons (Fsp3) is 0.286. The van der Waals surface area contributed by atoms with Crippen molar-refractivity contribution in [1.82, 2.24) is 5.43 Å². The Morgan fingerprint density at radius 3 is 2.32 bits per heavy atom. The lowest BCUT2D eigenvalue weighted by Crippen LogP contribution is -2.21. The molecule has 0 unspecified atom stereocenters. The molecule has 0 aliphatic heterocycles. The molecule has 0 bridgehead atoms. The maximum atomic E-state index is 12.1. The molecule has 3 N–H and O–H groups in total. The molecule has 2 aromatic rings. The minimum Gasteiger partial charge on any atom is -0.507 e. The summed E-state index contributed by atoms with van der Waals surface area (Å²) in [5.74, 6) is -0.379. The topological polar surface area (TPSA) is 94.0 Å². The van der Waals surface area contributed by atoms with Gasteiger partial charge in [0.25, 0.3) is 5.91 Å². The number of carbonyl (C=O) groups is 2. The van der Waals surface area contributed by atoms with Crippen LogP contribution in [0.2, 0.25) is 0 Å². The summed E-state index contributed by atoms with van der Waals surface area (Å²) in [5.41, 5.74) is 4.90. The monoisotopic (exact) mass is 382 g/mol. The summed E-state index contributed by atoms with van der Waals surface area (Å²) in [6.45, 7) is 7.57. The zero-order valence-electron chi connectivity index (χ0n) is 16.4. The third-order valence-electron chi connectivity index (χ3n) is 4.26. The van der Waals surface area contributed by atoms with E-state index in [4.69, 9.17) is 0 Å². The number of benzene rings is 2. The van der Waals surface area contributed by atoms with Crippen LogP contribution >= 0.6 is 0 Å². The third-order valence-corrected chi connectivity index (χ3v) is 4.26. The van der Waals surface area contributed by atoms with Gasteiger partial charge in [0, 0.05) is 48.1 Å². The van der Waals surface area contributed by atoms with Crippen molar-refractivity contribution in [2.75, 3.05) is 23.3 Å². The highest BCUT2D eigenvalue weighted by atomic mass is 16.3. The Bertz CT molecular complexity index is 843. The molecule has 0 aliphatic carbocycles. The Labute approximate surface area is 165 Å². The van der Waals surface area contributed by atoms with Gasteiger partial charge in [0.05, 0.1) is 6.21 Å². The normalized spacial score (nSPS) is 10.7. The van der Waals surface area contributed by atoms with Crippen LogP contribution in [-0.2, 0) is 4.79 Å². The molecular formula is C21H26N4O3. The van der Waals surface area contributed by atoms with Gasteiger partial charge >= 0.3 is 0 Å². The molecule has 0 heterocycles. The van der Waals surface area contributed by atoms with Crippen molar-refractivity contribution in [3.8, 4) is 5.75 Å². The summed E-state index contributed by atoms with van der Waals surface area (Å²) < 4.78 is 0. The van der Waals surface area contributed by atoms with Crippen molar-refractivity contribution >= 4 is 29.4 Å². The third kappa shape index (κ3) is 5.57. The number of hydrazone groups is 1. The number of amides is 2. The molecule has 0 fully saturated rings. The lowest BCUT2D eigenvalue weighted by molar-refractivity contribution is -0.115. The second kappa shape index (κ2) is 10.1. The van der Waals surface area contributed by atoms with Crippen LogP contribution in [0.3, 0.4) is 0 Å². The van der Waals surface area contributed by atoms with Crippen molar-refractivity contribution in [1.29, 1.82) is 0 Å². The van der Waals surface area contributed by atoms with Crippen LogP contribution in [0.1, 0.15) is 43.1 Å². The van der Waals surface area contributed by atoms with Crippen LogP contribution in [0.25, 0.3) is 0 Å². The Morgan fingerprint density at radius 2 is 1.75 bits per heavy atom. The highest BCUT2D eigenvalue weighted by Crippen LogP contribution is 2.23. The minimum absolute atomic E-state index is 0.0892. The molecule has 7 nitrogen and oxygen atoms in total. The van der Waals surface area contributed by atoms with Gasteiger partial charge in [0.1, 0.15) is 5.75 Å². The molecule has 0 atom stereocenters. The number of nitrogens with one attached hydrogen (secondary N) is 2. The first-order valence-electron chi connectivity index (χ1n) is 9.29. The summed E-state index contributed by atoms with van der Waals surface area (Å²) in [4.78, 5) is 25.6. The smallest absolute Gasteiger partial charge is 0.271 e. The van der Waals surface area contributed by atoms with Crippen LogP contribution in [0.15, 0.2) is 47.6 Å². The first kappa shape index (κ1) is 21.0. The average molecular weight is 382 g/mol. The molecule has 0 saturated heterocycles. The molecule has 0 aliphatic rings. The number of nitrogens with zero attached hydrogens (tertiary/aromatic N) is 2. The van der Waals surface area contributed by atoms with E-state index in [0.717, 1.165) is 18.8 Å². The Balaban J connectivity index is 1.98. The lowest BCUT2D eigenvalue weighted by atomic mass is 10.2. The first-order valence-corrected chi connectivity index (χ1v) is 9.29. The molecule has 2 amide bonds. The van der Waals surface area contributed by atoms with Crippen molar-refractivity contribution < 1.29 is 14.7 Å². The van der Waals surface area contributed by atoms with Crippen molar-refractivity contribution in [3.05, 3.63) is 53.6 Å². The number of hydrogen-bond acceptors (Lipinski definition) is 5. The van der Waals surface area contributed by atoms with Gasteiger partial charge in [-0.05, 0) is 50.2 Å². The number of carbonyl (C=O) groups excluding carboxylic acids is 2. The molecular weight excluding hydrogens is 356 g/mol. The predicted octanol–water partition coefficient (Wildman–Crippen LogP) is 3.35. The number of aromatic hydroxyl groups is 1. The first-order chi connectivity index (χ1) is 13.5. The Kier molecular flexibility index (Phi) is 7.56. The van der Waals surface area contributed by atoms with E-state index in [1.165, 1.54) is 6.21 Å². The largest absolute Gasteiger partial charge is 0.507 e. The highest BCUT2D eigenvalue weighted by molar-refractivity contribution is 5.96. The fourth-order valence-electron chi connectivity index (χ4n) is 2.61. The van der Waals surface area contributed by atoms with Crippen LogP contribution in [-0.4, -0.2) is 36.2 Å².